The minimum atomic E-state index is -0.502. The Hall–Kier alpha value is -3.28. The minimum absolute atomic E-state index is 0.0428. The number of esters is 1. The summed E-state index contributed by atoms with van der Waals surface area (Å²) in [6.45, 7) is 2.04. The summed E-state index contributed by atoms with van der Waals surface area (Å²) in [5, 5.41) is 11.1. The van der Waals surface area contributed by atoms with Crippen molar-refractivity contribution >= 4 is 11.8 Å². The molecule has 0 amide bonds. The van der Waals surface area contributed by atoms with Crippen LogP contribution in [0.2, 0.25) is 0 Å². The Morgan fingerprint density at radius 3 is 2.44 bits per heavy atom. The molecule has 0 fully saturated rings. The van der Waals surface area contributed by atoms with Gasteiger partial charge in [-0.1, -0.05) is 30.3 Å². The van der Waals surface area contributed by atoms with E-state index < -0.39 is 5.97 Å². The monoisotopic (exact) mass is 334 g/mol. The van der Waals surface area contributed by atoms with Gasteiger partial charge >= 0.3 is 5.97 Å². The summed E-state index contributed by atoms with van der Waals surface area (Å²) >= 11 is 0. The number of nitrogens with zero attached hydrogens (tertiary/aromatic N) is 3. The van der Waals surface area contributed by atoms with Crippen LogP contribution in [0.3, 0.4) is 0 Å². The van der Waals surface area contributed by atoms with Crippen LogP contribution in [0, 0.1) is 0 Å². The van der Waals surface area contributed by atoms with Crippen LogP contribution in [0.4, 0.5) is 5.82 Å². The van der Waals surface area contributed by atoms with Crippen molar-refractivity contribution in [3.05, 3.63) is 72.2 Å². The van der Waals surface area contributed by atoms with E-state index in [-0.39, 0.29) is 11.7 Å². The number of pyridine rings is 1. The average molecular weight is 334 g/mol. The van der Waals surface area contributed by atoms with Crippen LogP contribution in [-0.2, 0) is 4.74 Å². The zero-order valence-electron chi connectivity index (χ0n) is 14.0. The predicted octanol–water partition coefficient (Wildman–Crippen LogP) is 3.50. The van der Waals surface area contributed by atoms with Crippen molar-refractivity contribution in [2.24, 2.45) is 0 Å². The van der Waals surface area contributed by atoms with Gasteiger partial charge in [-0.2, -0.15) is 0 Å². The summed E-state index contributed by atoms with van der Waals surface area (Å²) in [4.78, 5) is 15.5. The number of aromatic nitrogens is 3. The lowest BCUT2D eigenvalue weighted by Gasteiger charge is -2.15. The molecule has 0 aliphatic rings. The topological polar surface area (TPSA) is 77.0 Å². The Kier molecular flexibility index (Phi) is 4.99. The lowest BCUT2D eigenvalue weighted by Crippen LogP contribution is -2.10. The van der Waals surface area contributed by atoms with Gasteiger partial charge in [0.15, 0.2) is 5.69 Å². The van der Waals surface area contributed by atoms with Crippen molar-refractivity contribution in [1.82, 2.24) is 15.2 Å². The van der Waals surface area contributed by atoms with Crippen LogP contribution in [-0.4, -0.2) is 28.3 Å². The molecule has 126 valence electrons. The number of hydrogen-bond acceptors (Lipinski definition) is 6. The van der Waals surface area contributed by atoms with Crippen LogP contribution in [0.25, 0.3) is 11.1 Å². The maximum atomic E-state index is 11.4. The van der Waals surface area contributed by atoms with Crippen LogP contribution >= 0.6 is 0 Å². The van der Waals surface area contributed by atoms with Crippen LogP contribution in [0.1, 0.15) is 29.0 Å². The molecule has 0 aliphatic carbocycles. The summed E-state index contributed by atoms with van der Waals surface area (Å²) in [5.41, 5.74) is 3.50. The summed E-state index contributed by atoms with van der Waals surface area (Å²) in [6.07, 6.45) is 3.60. The summed E-state index contributed by atoms with van der Waals surface area (Å²) in [7, 11) is 1.31. The Morgan fingerprint density at radius 1 is 1.04 bits per heavy atom. The first kappa shape index (κ1) is 16.6. The number of benzene rings is 1. The van der Waals surface area contributed by atoms with Crippen LogP contribution in [0.5, 0.6) is 0 Å². The van der Waals surface area contributed by atoms with Gasteiger partial charge in [-0.25, -0.2) is 4.79 Å². The van der Waals surface area contributed by atoms with Crippen molar-refractivity contribution in [1.29, 1.82) is 0 Å². The van der Waals surface area contributed by atoms with Gasteiger partial charge in [-0.3, -0.25) is 4.98 Å². The standard InChI is InChI=1S/C19H18N4O2/c1-13(21-18-10-9-17(22-23-18)19(24)25-2)14-5-7-15(8-6-14)16-4-3-11-20-12-16/h3-13H,1-2H3,(H,21,23)/t13-/m0/s1. The van der Waals surface area contributed by atoms with Gasteiger partial charge in [0.2, 0.25) is 0 Å². The fourth-order valence-electron chi connectivity index (χ4n) is 2.43. The molecule has 0 radical (unpaired) electrons. The first-order valence-corrected chi connectivity index (χ1v) is 7.86. The Bertz CT molecular complexity index is 834. The van der Waals surface area contributed by atoms with E-state index in [1.165, 1.54) is 7.11 Å². The number of rotatable bonds is 5. The molecule has 6 nitrogen and oxygen atoms in total. The van der Waals surface area contributed by atoms with Gasteiger partial charge in [0.25, 0.3) is 0 Å². The first-order valence-electron chi connectivity index (χ1n) is 7.86. The number of anilines is 1. The summed E-state index contributed by atoms with van der Waals surface area (Å²) in [6, 6.07) is 15.5. The lowest BCUT2D eigenvalue weighted by molar-refractivity contribution is 0.0593. The van der Waals surface area contributed by atoms with E-state index in [4.69, 9.17) is 0 Å². The van der Waals surface area contributed by atoms with Gasteiger partial charge in [0.1, 0.15) is 5.82 Å². The van der Waals surface area contributed by atoms with Crippen molar-refractivity contribution in [3.8, 4) is 11.1 Å². The van der Waals surface area contributed by atoms with E-state index in [1.54, 1.807) is 18.3 Å². The van der Waals surface area contributed by atoms with Gasteiger partial charge in [-0.05, 0) is 41.8 Å². The van der Waals surface area contributed by atoms with Gasteiger partial charge in [0, 0.05) is 18.4 Å². The van der Waals surface area contributed by atoms with Crippen molar-refractivity contribution in [3.63, 3.8) is 0 Å². The molecule has 1 atom stereocenters. The van der Waals surface area contributed by atoms with E-state index in [9.17, 15) is 4.79 Å². The Labute approximate surface area is 145 Å². The van der Waals surface area contributed by atoms with Gasteiger partial charge in [0.05, 0.1) is 7.11 Å². The maximum Gasteiger partial charge on any atom is 0.358 e. The van der Waals surface area contributed by atoms with Crippen molar-refractivity contribution in [2.75, 3.05) is 12.4 Å². The second kappa shape index (κ2) is 7.53. The molecule has 1 aromatic carbocycles. The molecule has 2 aromatic heterocycles. The lowest BCUT2D eigenvalue weighted by atomic mass is 10.0. The molecule has 2 heterocycles. The van der Waals surface area contributed by atoms with E-state index in [2.05, 4.69) is 49.5 Å². The number of carbonyl (C=O) groups is 1. The number of methoxy groups -OCH3 is 1. The highest BCUT2D eigenvalue weighted by Crippen LogP contribution is 2.23. The zero-order chi connectivity index (χ0) is 17.6. The van der Waals surface area contributed by atoms with Gasteiger partial charge < -0.3 is 10.1 Å². The normalized spacial score (nSPS) is 11.6. The van der Waals surface area contributed by atoms with E-state index in [0.717, 1.165) is 16.7 Å². The SMILES string of the molecule is COC(=O)c1ccc(N[C@@H](C)c2ccc(-c3cccnc3)cc2)nn1. The van der Waals surface area contributed by atoms with Crippen molar-refractivity contribution < 1.29 is 9.53 Å². The van der Waals surface area contributed by atoms with E-state index in [0.29, 0.717) is 5.82 Å². The molecule has 0 bridgehead atoms. The first-order chi connectivity index (χ1) is 12.2. The van der Waals surface area contributed by atoms with Crippen LogP contribution < -0.4 is 5.32 Å². The molecule has 0 spiro atoms. The quantitative estimate of drug-likeness (QED) is 0.720. The fourth-order valence-corrected chi connectivity index (χ4v) is 2.43. The predicted molar refractivity (Wildman–Crippen MR) is 95.1 cm³/mol. The van der Waals surface area contributed by atoms with Gasteiger partial charge in [-0.15, -0.1) is 10.2 Å². The average Bonchev–Trinajstić information content (AvgIpc) is 2.68. The molecule has 0 saturated heterocycles. The molecule has 0 unspecified atom stereocenters. The highest BCUT2D eigenvalue weighted by molar-refractivity contribution is 5.86. The third-order valence-electron chi connectivity index (χ3n) is 3.83. The number of ether oxygens (including phenoxy) is 1. The smallest absolute Gasteiger partial charge is 0.358 e. The second-order valence-corrected chi connectivity index (χ2v) is 5.53. The largest absolute Gasteiger partial charge is 0.464 e. The van der Waals surface area contributed by atoms with E-state index in [1.807, 2.05) is 25.3 Å². The number of nitrogens with one attached hydrogen (secondary N) is 1. The summed E-state index contributed by atoms with van der Waals surface area (Å²) < 4.78 is 4.61. The molecule has 6 heteroatoms. The number of hydrogen-bond donors (Lipinski definition) is 1. The molecule has 25 heavy (non-hydrogen) atoms. The fraction of sp³-hybridized carbons (Fsp3) is 0.158. The second-order valence-electron chi connectivity index (χ2n) is 5.53. The summed E-state index contributed by atoms with van der Waals surface area (Å²) in [5.74, 6) is 0.0922. The van der Waals surface area contributed by atoms with Crippen LogP contribution in [0.15, 0.2) is 60.9 Å². The maximum absolute atomic E-state index is 11.4. The van der Waals surface area contributed by atoms with E-state index >= 15 is 0 Å². The third kappa shape index (κ3) is 3.98. The zero-order valence-corrected chi connectivity index (χ0v) is 14.0. The molecule has 1 N–H and O–H groups in total. The Balaban J connectivity index is 1.69. The highest BCUT2D eigenvalue weighted by Gasteiger charge is 2.10. The Morgan fingerprint density at radius 2 is 1.84 bits per heavy atom. The number of carbonyl (C=O) groups excluding carboxylic acids is 1. The molecular formula is C19H18N4O2. The molecule has 3 aromatic rings. The highest BCUT2D eigenvalue weighted by atomic mass is 16.5. The molecule has 3 rings (SSSR count). The van der Waals surface area contributed by atoms with Crippen molar-refractivity contribution in [2.45, 2.75) is 13.0 Å². The third-order valence-corrected chi connectivity index (χ3v) is 3.83. The molecular weight excluding hydrogens is 316 g/mol. The molecule has 0 aliphatic heterocycles. The molecule has 0 saturated carbocycles. The minimum Gasteiger partial charge on any atom is -0.464 e.